The van der Waals surface area contributed by atoms with E-state index in [1.807, 2.05) is 0 Å². The number of hydrogen-bond donors (Lipinski definition) is 0. The van der Waals surface area contributed by atoms with Crippen LogP contribution in [0.2, 0.25) is 0 Å². The summed E-state index contributed by atoms with van der Waals surface area (Å²) in [7, 11) is 1.55. The quantitative estimate of drug-likeness (QED) is 0.788. The summed E-state index contributed by atoms with van der Waals surface area (Å²) in [4.78, 5) is 14.2. The lowest BCUT2D eigenvalue weighted by atomic mass is 10.1. The highest BCUT2D eigenvalue weighted by atomic mass is 32.2. The van der Waals surface area contributed by atoms with E-state index in [2.05, 4.69) is 0 Å². The first-order valence-electron chi connectivity index (χ1n) is 7.52. The summed E-state index contributed by atoms with van der Waals surface area (Å²) in [6.07, 6.45) is 1.16. The molecule has 2 rings (SSSR count). The van der Waals surface area contributed by atoms with Crippen LogP contribution in [0.25, 0.3) is 0 Å². The van der Waals surface area contributed by atoms with E-state index in [1.54, 1.807) is 56.6 Å². The minimum atomic E-state index is -3.16. The molecule has 0 fully saturated rings. The standard InChI is InChI=1S/C18H21NO5S/c1-19(15-8-9-16(23-2)17(11-15)24-3)18(20)14-7-5-6-13(10-14)12-25(4,21)22/h5-11H,12H2,1-4H3. The second-order valence-corrected chi connectivity index (χ2v) is 7.81. The zero-order valence-electron chi connectivity index (χ0n) is 14.6. The van der Waals surface area contributed by atoms with Crippen LogP contribution in [0.4, 0.5) is 5.69 Å². The lowest BCUT2D eigenvalue weighted by Gasteiger charge is -2.19. The summed E-state index contributed by atoms with van der Waals surface area (Å²) in [5, 5.41) is 0. The van der Waals surface area contributed by atoms with Crippen LogP contribution in [0.1, 0.15) is 15.9 Å². The van der Waals surface area contributed by atoms with E-state index >= 15 is 0 Å². The van der Waals surface area contributed by atoms with Gasteiger partial charge in [0.2, 0.25) is 0 Å². The van der Waals surface area contributed by atoms with Crippen LogP contribution >= 0.6 is 0 Å². The molecular weight excluding hydrogens is 342 g/mol. The zero-order valence-corrected chi connectivity index (χ0v) is 15.5. The lowest BCUT2D eigenvalue weighted by molar-refractivity contribution is 0.0993. The Morgan fingerprint density at radius 3 is 2.32 bits per heavy atom. The van der Waals surface area contributed by atoms with Crippen LogP contribution in [-0.2, 0) is 15.6 Å². The number of anilines is 1. The Morgan fingerprint density at radius 2 is 1.72 bits per heavy atom. The average molecular weight is 363 g/mol. The Kier molecular flexibility index (Phi) is 5.69. The number of amides is 1. The summed E-state index contributed by atoms with van der Waals surface area (Å²) >= 11 is 0. The maximum absolute atomic E-state index is 12.7. The van der Waals surface area contributed by atoms with Crippen molar-refractivity contribution in [2.24, 2.45) is 0 Å². The predicted molar refractivity (Wildman–Crippen MR) is 97.3 cm³/mol. The second kappa shape index (κ2) is 7.57. The third-order valence-electron chi connectivity index (χ3n) is 3.66. The number of sulfone groups is 1. The fourth-order valence-electron chi connectivity index (χ4n) is 2.44. The van der Waals surface area contributed by atoms with Crippen LogP contribution in [0.5, 0.6) is 11.5 Å². The smallest absolute Gasteiger partial charge is 0.258 e. The van der Waals surface area contributed by atoms with Crippen molar-refractivity contribution in [3.63, 3.8) is 0 Å². The normalized spacial score (nSPS) is 11.0. The molecule has 0 spiro atoms. The van der Waals surface area contributed by atoms with Gasteiger partial charge in [0.1, 0.15) is 0 Å². The van der Waals surface area contributed by atoms with E-state index in [0.717, 1.165) is 6.26 Å². The van der Waals surface area contributed by atoms with Gasteiger partial charge in [-0.2, -0.15) is 0 Å². The van der Waals surface area contributed by atoms with Gasteiger partial charge in [0.25, 0.3) is 5.91 Å². The van der Waals surface area contributed by atoms with E-state index in [4.69, 9.17) is 9.47 Å². The third kappa shape index (κ3) is 4.73. The molecule has 2 aromatic carbocycles. The van der Waals surface area contributed by atoms with E-state index in [-0.39, 0.29) is 11.7 Å². The molecule has 0 saturated heterocycles. The van der Waals surface area contributed by atoms with Crippen molar-refractivity contribution < 1.29 is 22.7 Å². The summed E-state index contributed by atoms with van der Waals surface area (Å²) in [5.74, 6) is 0.740. The number of methoxy groups -OCH3 is 2. The molecule has 7 heteroatoms. The summed E-state index contributed by atoms with van der Waals surface area (Å²) in [6, 6.07) is 11.8. The highest BCUT2D eigenvalue weighted by Gasteiger charge is 2.16. The zero-order chi connectivity index (χ0) is 18.6. The van der Waals surface area contributed by atoms with Gasteiger partial charge in [0, 0.05) is 30.6 Å². The van der Waals surface area contributed by atoms with Crippen LogP contribution in [0.15, 0.2) is 42.5 Å². The van der Waals surface area contributed by atoms with Crippen molar-refractivity contribution in [2.45, 2.75) is 5.75 Å². The highest BCUT2D eigenvalue weighted by molar-refractivity contribution is 7.89. The summed E-state index contributed by atoms with van der Waals surface area (Å²) in [5.41, 5.74) is 1.63. The van der Waals surface area contributed by atoms with Gasteiger partial charge in [-0.3, -0.25) is 4.79 Å². The maximum atomic E-state index is 12.7. The van der Waals surface area contributed by atoms with Crippen molar-refractivity contribution in [1.82, 2.24) is 0 Å². The van der Waals surface area contributed by atoms with Gasteiger partial charge in [-0.15, -0.1) is 0 Å². The van der Waals surface area contributed by atoms with Gasteiger partial charge in [0.15, 0.2) is 21.3 Å². The highest BCUT2D eigenvalue weighted by Crippen LogP contribution is 2.31. The molecule has 0 heterocycles. The van der Waals surface area contributed by atoms with Gasteiger partial charge in [0.05, 0.1) is 20.0 Å². The van der Waals surface area contributed by atoms with Crippen LogP contribution in [0.3, 0.4) is 0 Å². The molecule has 0 aliphatic heterocycles. The van der Waals surface area contributed by atoms with Crippen molar-refractivity contribution in [3.05, 3.63) is 53.6 Å². The molecule has 0 atom stereocenters. The molecule has 1 amide bonds. The number of rotatable bonds is 6. The van der Waals surface area contributed by atoms with Crippen LogP contribution in [-0.4, -0.2) is 41.8 Å². The molecule has 0 aromatic heterocycles. The Balaban J connectivity index is 2.30. The molecule has 0 bridgehead atoms. The van der Waals surface area contributed by atoms with Gasteiger partial charge in [-0.25, -0.2) is 8.42 Å². The number of hydrogen-bond acceptors (Lipinski definition) is 5. The molecule has 134 valence electrons. The lowest BCUT2D eigenvalue weighted by Crippen LogP contribution is -2.26. The Bertz CT molecular complexity index is 877. The van der Waals surface area contributed by atoms with E-state index < -0.39 is 9.84 Å². The SMILES string of the molecule is COc1ccc(N(C)C(=O)c2cccc(CS(C)(=O)=O)c2)cc1OC. The topological polar surface area (TPSA) is 72.9 Å². The number of carbonyl (C=O) groups is 1. The molecular formula is C18H21NO5S. The Hall–Kier alpha value is -2.54. The summed E-state index contributed by atoms with van der Waals surface area (Å²) in [6.45, 7) is 0. The van der Waals surface area contributed by atoms with Crippen molar-refractivity contribution >= 4 is 21.4 Å². The molecule has 0 aliphatic carbocycles. The van der Waals surface area contributed by atoms with Gasteiger partial charge >= 0.3 is 0 Å². The number of ether oxygens (including phenoxy) is 2. The summed E-state index contributed by atoms with van der Waals surface area (Å²) < 4.78 is 33.3. The second-order valence-electron chi connectivity index (χ2n) is 5.67. The molecule has 0 aliphatic rings. The number of nitrogens with zero attached hydrogens (tertiary/aromatic N) is 1. The first-order valence-corrected chi connectivity index (χ1v) is 9.58. The number of benzene rings is 2. The molecule has 0 saturated carbocycles. The van der Waals surface area contributed by atoms with E-state index in [9.17, 15) is 13.2 Å². The van der Waals surface area contributed by atoms with Crippen molar-refractivity contribution in [1.29, 1.82) is 0 Å². The molecule has 2 aromatic rings. The third-order valence-corrected chi connectivity index (χ3v) is 4.52. The maximum Gasteiger partial charge on any atom is 0.258 e. The monoisotopic (exact) mass is 363 g/mol. The molecule has 0 N–H and O–H groups in total. The fourth-order valence-corrected chi connectivity index (χ4v) is 3.23. The first kappa shape index (κ1) is 18.8. The minimum absolute atomic E-state index is 0.103. The minimum Gasteiger partial charge on any atom is -0.493 e. The first-order chi connectivity index (χ1) is 11.7. The molecule has 25 heavy (non-hydrogen) atoms. The van der Waals surface area contributed by atoms with Gasteiger partial charge in [-0.05, 0) is 29.8 Å². The van der Waals surface area contributed by atoms with Crippen molar-refractivity contribution in [2.75, 3.05) is 32.4 Å². The molecule has 0 unspecified atom stereocenters. The Labute approximate surface area is 147 Å². The van der Waals surface area contributed by atoms with Crippen LogP contribution < -0.4 is 14.4 Å². The van der Waals surface area contributed by atoms with E-state index in [1.165, 1.54) is 12.0 Å². The Morgan fingerprint density at radius 1 is 1.04 bits per heavy atom. The van der Waals surface area contributed by atoms with Crippen molar-refractivity contribution in [3.8, 4) is 11.5 Å². The fraction of sp³-hybridized carbons (Fsp3) is 0.278. The van der Waals surface area contributed by atoms with Gasteiger partial charge < -0.3 is 14.4 Å². The number of carbonyl (C=O) groups excluding carboxylic acids is 1. The van der Waals surface area contributed by atoms with E-state index in [0.29, 0.717) is 28.3 Å². The average Bonchev–Trinajstić information content (AvgIpc) is 2.58. The van der Waals surface area contributed by atoms with Gasteiger partial charge in [-0.1, -0.05) is 12.1 Å². The molecule has 0 radical (unpaired) electrons. The predicted octanol–water partition coefficient (Wildman–Crippen LogP) is 2.53. The molecule has 6 nitrogen and oxygen atoms in total. The largest absolute Gasteiger partial charge is 0.493 e. The van der Waals surface area contributed by atoms with Crippen LogP contribution in [0, 0.1) is 0 Å².